The molecule has 8 heteroatoms. The largest absolute Gasteiger partial charge is 0.477 e. The van der Waals surface area contributed by atoms with E-state index in [2.05, 4.69) is 0 Å². The van der Waals surface area contributed by atoms with Gasteiger partial charge in [0.15, 0.2) is 0 Å². The molecule has 2 aromatic rings. The molecule has 0 fully saturated rings. The zero-order valence-electron chi connectivity index (χ0n) is 10.8. The van der Waals surface area contributed by atoms with Crippen molar-refractivity contribution in [2.75, 3.05) is 0 Å². The maximum Gasteiger partial charge on any atom is 0.416 e. The first-order chi connectivity index (χ1) is 10.2. The summed E-state index contributed by atoms with van der Waals surface area (Å²) in [4.78, 5) is 20.9. The van der Waals surface area contributed by atoms with Crippen molar-refractivity contribution < 1.29 is 28.0 Å². The van der Waals surface area contributed by atoms with Crippen LogP contribution in [0.15, 0.2) is 42.5 Å². The molecule has 22 heavy (non-hydrogen) atoms. The second kappa shape index (κ2) is 5.47. The van der Waals surface area contributed by atoms with Gasteiger partial charge in [0, 0.05) is 6.07 Å². The van der Waals surface area contributed by atoms with E-state index in [0.29, 0.717) is 5.56 Å². The fourth-order valence-electron chi connectivity index (χ4n) is 1.89. The highest BCUT2D eigenvalue weighted by Gasteiger charge is 2.30. The minimum absolute atomic E-state index is 0.255. The molecule has 0 aliphatic heterocycles. The molecule has 0 saturated carbocycles. The van der Waals surface area contributed by atoms with E-state index in [1.807, 2.05) is 0 Å². The second-order valence-corrected chi connectivity index (χ2v) is 4.37. The van der Waals surface area contributed by atoms with Crippen molar-refractivity contribution in [2.24, 2.45) is 0 Å². The summed E-state index contributed by atoms with van der Waals surface area (Å²) in [7, 11) is 0. The SMILES string of the molecule is O=C(O)c1ccc(-c2ccc(C(F)(F)F)cc2)cc1[N+](=O)[O-]. The summed E-state index contributed by atoms with van der Waals surface area (Å²) in [5.74, 6) is -1.45. The van der Waals surface area contributed by atoms with Crippen molar-refractivity contribution in [3.8, 4) is 11.1 Å². The first-order valence-corrected chi connectivity index (χ1v) is 5.89. The number of hydrogen-bond donors (Lipinski definition) is 1. The van der Waals surface area contributed by atoms with E-state index in [0.717, 1.165) is 24.3 Å². The van der Waals surface area contributed by atoms with Gasteiger partial charge in [0.05, 0.1) is 10.5 Å². The van der Waals surface area contributed by atoms with Crippen LogP contribution in [0.1, 0.15) is 15.9 Å². The molecule has 0 unspecified atom stereocenters. The minimum Gasteiger partial charge on any atom is -0.477 e. The Balaban J connectivity index is 2.47. The van der Waals surface area contributed by atoms with Gasteiger partial charge in [-0.25, -0.2) is 4.79 Å². The standard InChI is InChI=1S/C14H8F3NO4/c15-14(16,17)10-4-1-8(2-5-10)9-3-6-11(13(19)20)12(7-9)18(21)22/h1-7H,(H,19,20). The number of rotatable bonds is 3. The van der Waals surface area contributed by atoms with Crippen molar-refractivity contribution in [1.82, 2.24) is 0 Å². The number of aromatic carboxylic acids is 1. The molecule has 0 amide bonds. The van der Waals surface area contributed by atoms with Gasteiger partial charge in [0.25, 0.3) is 5.69 Å². The van der Waals surface area contributed by atoms with Gasteiger partial charge in [-0.3, -0.25) is 10.1 Å². The van der Waals surface area contributed by atoms with E-state index in [1.165, 1.54) is 18.2 Å². The number of carboxylic acid groups (broad SMARTS) is 1. The number of benzene rings is 2. The molecule has 114 valence electrons. The van der Waals surface area contributed by atoms with Gasteiger partial charge < -0.3 is 5.11 Å². The van der Waals surface area contributed by atoms with E-state index < -0.39 is 33.9 Å². The van der Waals surface area contributed by atoms with Gasteiger partial charge in [-0.15, -0.1) is 0 Å². The Morgan fingerprint density at radius 1 is 1.05 bits per heavy atom. The van der Waals surface area contributed by atoms with Crippen LogP contribution in [-0.2, 0) is 6.18 Å². The fraction of sp³-hybridized carbons (Fsp3) is 0.0714. The lowest BCUT2D eigenvalue weighted by Crippen LogP contribution is -2.04. The summed E-state index contributed by atoms with van der Waals surface area (Å²) in [6, 6.07) is 7.42. The number of hydrogen-bond acceptors (Lipinski definition) is 3. The van der Waals surface area contributed by atoms with Crippen LogP contribution in [0.25, 0.3) is 11.1 Å². The van der Waals surface area contributed by atoms with Gasteiger partial charge in [-0.1, -0.05) is 18.2 Å². The molecule has 1 N–H and O–H groups in total. The van der Waals surface area contributed by atoms with E-state index in [4.69, 9.17) is 5.11 Å². The molecule has 0 bridgehead atoms. The maximum absolute atomic E-state index is 12.5. The monoisotopic (exact) mass is 311 g/mol. The van der Waals surface area contributed by atoms with Gasteiger partial charge in [0.2, 0.25) is 0 Å². The quantitative estimate of drug-likeness (QED) is 0.686. The summed E-state index contributed by atoms with van der Waals surface area (Å²) in [5.41, 5.74) is -1.38. The number of nitrogens with zero attached hydrogens (tertiary/aromatic N) is 1. The van der Waals surface area contributed by atoms with Crippen molar-refractivity contribution >= 4 is 11.7 Å². The highest BCUT2D eigenvalue weighted by molar-refractivity contribution is 5.93. The fourth-order valence-corrected chi connectivity index (χ4v) is 1.89. The summed E-state index contributed by atoms with van der Waals surface area (Å²) in [6.07, 6.45) is -4.47. The minimum atomic E-state index is -4.47. The van der Waals surface area contributed by atoms with Gasteiger partial charge in [0.1, 0.15) is 5.56 Å². The molecule has 0 aliphatic carbocycles. The lowest BCUT2D eigenvalue weighted by atomic mass is 10.0. The van der Waals surface area contributed by atoms with Gasteiger partial charge in [-0.2, -0.15) is 13.2 Å². The Labute approximate surface area is 121 Å². The molecule has 0 spiro atoms. The average Bonchev–Trinajstić information content (AvgIpc) is 2.45. The van der Waals surface area contributed by atoms with Crippen LogP contribution in [0.2, 0.25) is 0 Å². The third kappa shape index (κ3) is 3.05. The molecule has 0 atom stereocenters. The highest BCUT2D eigenvalue weighted by Crippen LogP contribution is 2.32. The highest BCUT2D eigenvalue weighted by atomic mass is 19.4. The zero-order valence-corrected chi connectivity index (χ0v) is 10.8. The maximum atomic E-state index is 12.5. The first kappa shape index (κ1) is 15.5. The average molecular weight is 311 g/mol. The Hall–Kier alpha value is -2.90. The molecular formula is C14H8F3NO4. The number of alkyl halides is 3. The van der Waals surface area contributed by atoms with E-state index in [9.17, 15) is 28.1 Å². The van der Waals surface area contributed by atoms with Crippen molar-refractivity contribution in [2.45, 2.75) is 6.18 Å². The molecule has 0 heterocycles. The molecule has 0 aliphatic rings. The van der Waals surface area contributed by atoms with Crippen LogP contribution in [0.4, 0.5) is 18.9 Å². The summed E-state index contributed by atoms with van der Waals surface area (Å²) in [5, 5.41) is 19.8. The number of carboxylic acids is 1. The lowest BCUT2D eigenvalue weighted by molar-refractivity contribution is -0.385. The Morgan fingerprint density at radius 3 is 2.05 bits per heavy atom. The van der Waals surface area contributed by atoms with Crippen LogP contribution in [0, 0.1) is 10.1 Å². The van der Waals surface area contributed by atoms with Crippen LogP contribution < -0.4 is 0 Å². The van der Waals surface area contributed by atoms with Gasteiger partial charge >= 0.3 is 12.1 Å². The molecular weight excluding hydrogens is 303 g/mol. The summed E-state index contributed by atoms with van der Waals surface area (Å²) >= 11 is 0. The number of nitro groups is 1. The van der Waals surface area contributed by atoms with Crippen LogP contribution in [-0.4, -0.2) is 16.0 Å². The summed E-state index contributed by atoms with van der Waals surface area (Å²) < 4.78 is 37.4. The number of carbonyl (C=O) groups is 1. The van der Waals surface area contributed by atoms with E-state index >= 15 is 0 Å². The van der Waals surface area contributed by atoms with Gasteiger partial charge in [-0.05, 0) is 29.3 Å². The molecule has 2 aromatic carbocycles. The third-order valence-corrected chi connectivity index (χ3v) is 2.97. The van der Waals surface area contributed by atoms with Crippen molar-refractivity contribution in [3.63, 3.8) is 0 Å². The summed E-state index contributed by atoms with van der Waals surface area (Å²) in [6.45, 7) is 0. The predicted octanol–water partition coefficient (Wildman–Crippen LogP) is 3.98. The zero-order chi connectivity index (χ0) is 16.5. The molecule has 0 aromatic heterocycles. The Kier molecular flexibility index (Phi) is 3.85. The van der Waals surface area contributed by atoms with Crippen LogP contribution in [0.3, 0.4) is 0 Å². The van der Waals surface area contributed by atoms with Crippen molar-refractivity contribution in [1.29, 1.82) is 0 Å². The molecule has 2 rings (SSSR count). The number of nitro benzene ring substituents is 1. The molecule has 5 nitrogen and oxygen atoms in total. The predicted molar refractivity (Wildman–Crippen MR) is 70.5 cm³/mol. The normalized spacial score (nSPS) is 11.2. The number of halogens is 3. The smallest absolute Gasteiger partial charge is 0.416 e. The Bertz CT molecular complexity index is 739. The van der Waals surface area contributed by atoms with Crippen LogP contribution in [0.5, 0.6) is 0 Å². The van der Waals surface area contributed by atoms with Crippen LogP contribution >= 0.6 is 0 Å². The Morgan fingerprint density at radius 2 is 1.59 bits per heavy atom. The lowest BCUT2D eigenvalue weighted by Gasteiger charge is -2.08. The third-order valence-electron chi connectivity index (χ3n) is 2.97. The topological polar surface area (TPSA) is 80.4 Å². The first-order valence-electron chi connectivity index (χ1n) is 5.89. The molecule has 0 radical (unpaired) electrons. The van der Waals surface area contributed by atoms with Crippen molar-refractivity contribution in [3.05, 3.63) is 63.7 Å². The van der Waals surface area contributed by atoms with E-state index in [-0.39, 0.29) is 5.56 Å². The second-order valence-electron chi connectivity index (χ2n) is 4.37. The van der Waals surface area contributed by atoms with E-state index in [1.54, 1.807) is 0 Å². The molecule has 0 saturated heterocycles.